The van der Waals surface area contributed by atoms with Gasteiger partial charge in [0.25, 0.3) is 0 Å². The van der Waals surface area contributed by atoms with Crippen LogP contribution in [0.4, 0.5) is 5.69 Å². The average Bonchev–Trinajstić information content (AvgIpc) is 2.53. The highest BCUT2D eigenvalue weighted by Gasteiger charge is 2.07. The van der Waals surface area contributed by atoms with E-state index in [2.05, 4.69) is 11.2 Å². The molecule has 20 heavy (non-hydrogen) atoms. The third-order valence-electron chi connectivity index (χ3n) is 2.95. The molecule has 0 amide bonds. The fourth-order valence-electron chi connectivity index (χ4n) is 1.83. The van der Waals surface area contributed by atoms with Crippen LogP contribution in [0.3, 0.4) is 0 Å². The maximum absolute atomic E-state index is 10.1. The lowest BCUT2D eigenvalue weighted by Crippen LogP contribution is -2.12. The molecule has 3 heteroatoms. The molecule has 2 aromatic rings. The molecule has 3 nitrogen and oxygen atoms in total. The summed E-state index contributed by atoms with van der Waals surface area (Å²) in [6.45, 7) is 0.375. The van der Waals surface area contributed by atoms with E-state index in [-0.39, 0.29) is 0 Å². The SMILES string of the molecule is C#Cc1cccc(NCC(O)c2ccc(C#N)cc2)c1. The second-order valence-corrected chi connectivity index (χ2v) is 4.36. The molecule has 0 aliphatic heterocycles. The number of terminal acetylenes is 1. The second kappa shape index (κ2) is 6.43. The summed E-state index contributed by atoms with van der Waals surface area (Å²) in [7, 11) is 0. The van der Waals surface area contributed by atoms with Crippen LogP contribution in [0, 0.1) is 23.7 Å². The first-order valence-electron chi connectivity index (χ1n) is 6.21. The molecule has 0 saturated carbocycles. The Morgan fingerprint density at radius 2 is 1.90 bits per heavy atom. The summed E-state index contributed by atoms with van der Waals surface area (Å²) in [4.78, 5) is 0. The Morgan fingerprint density at radius 3 is 2.55 bits per heavy atom. The molecule has 1 atom stereocenters. The van der Waals surface area contributed by atoms with E-state index in [1.54, 1.807) is 24.3 Å². The van der Waals surface area contributed by atoms with Gasteiger partial charge in [0.2, 0.25) is 0 Å². The van der Waals surface area contributed by atoms with Crippen LogP contribution in [0.5, 0.6) is 0 Å². The minimum absolute atomic E-state index is 0.375. The molecule has 0 aliphatic rings. The van der Waals surface area contributed by atoms with Crippen molar-refractivity contribution in [3.63, 3.8) is 0 Å². The largest absolute Gasteiger partial charge is 0.387 e. The molecule has 0 fully saturated rings. The first-order valence-corrected chi connectivity index (χ1v) is 6.21. The number of hydrogen-bond acceptors (Lipinski definition) is 3. The third-order valence-corrected chi connectivity index (χ3v) is 2.95. The van der Waals surface area contributed by atoms with Crippen LogP contribution in [0.2, 0.25) is 0 Å². The van der Waals surface area contributed by atoms with Gasteiger partial charge in [-0.1, -0.05) is 24.1 Å². The highest BCUT2D eigenvalue weighted by molar-refractivity contribution is 5.50. The van der Waals surface area contributed by atoms with Gasteiger partial charge in [-0.25, -0.2) is 0 Å². The van der Waals surface area contributed by atoms with E-state index in [9.17, 15) is 5.11 Å². The van der Waals surface area contributed by atoms with Crippen LogP contribution < -0.4 is 5.32 Å². The zero-order valence-electron chi connectivity index (χ0n) is 10.9. The first kappa shape index (κ1) is 13.7. The number of aliphatic hydroxyl groups excluding tert-OH is 1. The van der Waals surface area contributed by atoms with Crippen LogP contribution in [0.15, 0.2) is 48.5 Å². The molecule has 0 spiro atoms. The summed E-state index contributed by atoms with van der Waals surface area (Å²) in [5.74, 6) is 2.57. The second-order valence-electron chi connectivity index (χ2n) is 4.36. The molecule has 0 heterocycles. The van der Waals surface area contributed by atoms with E-state index in [0.29, 0.717) is 12.1 Å². The van der Waals surface area contributed by atoms with Crippen molar-refractivity contribution in [3.05, 3.63) is 65.2 Å². The third kappa shape index (κ3) is 3.38. The topological polar surface area (TPSA) is 56.0 Å². The first-order chi connectivity index (χ1) is 9.72. The van der Waals surface area contributed by atoms with Crippen LogP contribution >= 0.6 is 0 Å². The van der Waals surface area contributed by atoms with Gasteiger partial charge in [0.1, 0.15) is 0 Å². The van der Waals surface area contributed by atoms with Crippen molar-refractivity contribution >= 4 is 5.69 Å². The smallest absolute Gasteiger partial charge is 0.0991 e. The minimum Gasteiger partial charge on any atom is -0.387 e. The number of nitrogens with zero attached hydrogens (tertiary/aromatic N) is 1. The highest BCUT2D eigenvalue weighted by atomic mass is 16.3. The van der Waals surface area contributed by atoms with Gasteiger partial charge in [-0.15, -0.1) is 6.42 Å². The molecule has 0 radical (unpaired) electrons. The number of benzene rings is 2. The summed E-state index contributed by atoms with van der Waals surface area (Å²) in [6, 6.07) is 16.4. The zero-order valence-corrected chi connectivity index (χ0v) is 10.9. The van der Waals surface area contributed by atoms with Crippen LogP contribution in [0.25, 0.3) is 0 Å². The van der Waals surface area contributed by atoms with Crippen molar-refractivity contribution in [1.29, 1.82) is 5.26 Å². The summed E-state index contributed by atoms with van der Waals surface area (Å²) in [5, 5.41) is 21.9. The maximum Gasteiger partial charge on any atom is 0.0991 e. The Kier molecular flexibility index (Phi) is 4.39. The molecule has 1 unspecified atom stereocenters. The lowest BCUT2D eigenvalue weighted by Gasteiger charge is -2.13. The molecule has 98 valence electrons. The highest BCUT2D eigenvalue weighted by Crippen LogP contribution is 2.16. The van der Waals surface area contributed by atoms with Gasteiger partial charge >= 0.3 is 0 Å². The van der Waals surface area contributed by atoms with Crippen LogP contribution in [0.1, 0.15) is 22.8 Å². The van der Waals surface area contributed by atoms with E-state index in [4.69, 9.17) is 11.7 Å². The van der Waals surface area contributed by atoms with Gasteiger partial charge in [0.15, 0.2) is 0 Å². The van der Waals surface area contributed by atoms with Crippen molar-refractivity contribution in [2.45, 2.75) is 6.10 Å². The van der Waals surface area contributed by atoms with E-state index < -0.39 is 6.10 Å². The predicted octanol–water partition coefficient (Wildman–Crippen LogP) is 2.69. The Morgan fingerprint density at radius 1 is 1.15 bits per heavy atom. The van der Waals surface area contributed by atoms with Gasteiger partial charge in [-0.05, 0) is 35.9 Å². The quantitative estimate of drug-likeness (QED) is 0.833. The summed E-state index contributed by atoms with van der Waals surface area (Å²) >= 11 is 0. The van der Waals surface area contributed by atoms with Gasteiger partial charge < -0.3 is 10.4 Å². The van der Waals surface area contributed by atoms with E-state index >= 15 is 0 Å². The number of anilines is 1. The number of aliphatic hydroxyl groups is 1. The van der Waals surface area contributed by atoms with Crippen molar-refractivity contribution in [3.8, 4) is 18.4 Å². The van der Waals surface area contributed by atoms with Gasteiger partial charge in [-0.2, -0.15) is 5.26 Å². The maximum atomic E-state index is 10.1. The lowest BCUT2D eigenvalue weighted by molar-refractivity contribution is 0.191. The fraction of sp³-hybridized carbons (Fsp3) is 0.118. The van der Waals surface area contributed by atoms with Crippen molar-refractivity contribution in [1.82, 2.24) is 0 Å². The van der Waals surface area contributed by atoms with Gasteiger partial charge in [-0.3, -0.25) is 0 Å². The average molecular weight is 262 g/mol. The van der Waals surface area contributed by atoms with E-state index in [1.165, 1.54) is 0 Å². The molecule has 2 aromatic carbocycles. The van der Waals surface area contributed by atoms with E-state index in [0.717, 1.165) is 16.8 Å². The minimum atomic E-state index is -0.641. The summed E-state index contributed by atoms with van der Waals surface area (Å²) < 4.78 is 0. The monoisotopic (exact) mass is 262 g/mol. The van der Waals surface area contributed by atoms with E-state index in [1.807, 2.05) is 30.3 Å². The lowest BCUT2D eigenvalue weighted by atomic mass is 10.1. The standard InChI is InChI=1S/C17H14N2O/c1-2-13-4-3-5-16(10-13)19-12-17(20)15-8-6-14(11-18)7-9-15/h1,3-10,17,19-20H,12H2. The van der Waals surface area contributed by atoms with Crippen molar-refractivity contribution in [2.24, 2.45) is 0 Å². The van der Waals surface area contributed by atoms with Gasteiger partial charge in [0.05, 0.1) is 17.7 Å². The Balaban J connectivity index is 1.99. The van der Waals surface area contributed by atoms with Gasteiger partial charge in [0, 0.05) is 17.8 Å². The Bertz CT molecular complexity index is 663. The van der Waals surface area contributed by atoms with Crippen LogP contribution in [-0.4, -0.2) is 11.7 Å². The number of nitrogens with one attached hydrogen (secondary N) is 1. The Labute approximate surface area is 118 Å². The van der Waals surface area contributed by atoms with Crippen molar-refractivity contribution < 1.29 is 5.11 Å². The molecule has 0 aliphatic carbocycles. The normalized spacial score (nSPS) is 11.2. The zero-order chi connectivity index (χ0) is 14.4. The summed E-state index contributed by atoms with van der Waals surface area (Å²) in [6.07, 6.45) is 4.70. The molecule has 0 saturated heterocycles. The molecule has 2 rings (SSSR count). The van der Waals surface area contributed by atoms with Crippen LogP contribution in [-0.2, 0) is 0 Å². The fourth-order valence-corrected chi connectivity index (χ4v) is 1.83. The molecular weight excluding hydrogens is 248 g/mol. The number of hydrogen-bond donors (Lipinski definition) is 2. The molecule has 0 bridgehead atoms. The molecule has 2 N–H and O–H groups in total. The molecular formula is C17H14N2O. The predicted molar refractivity (Wildman–Crippen MR) is 79.0 cm³/mol. The number of rotatable bonds is 4. The molecule has 0 aromatic heterocycles. The summed E-state index contributed by atoms with van der Waals surface area (Å²) in [5.41, 5.74) is 3.01. The number of nitriles is 1. The Hall–Kier alpha value is -2.75. The van der Waals surface area contributed by atoms with Crippen molar-refractivity contribution in [2.75, 3.05) is 11.9 Å².